The highest BCUT2D eigenvalue weighted by atomic mass is 16.6. The van der Waals surface area contributed by atoms with E-state index in [1.165, 1.54) is 0 Å². The lowest BCUT2D eigenvalue weighted by Crippen LogP contribution is -1.99. The van der Waals surface area contributed by atoms with Crippen molar-refractivity contribution in [3.05, 3.63) is 95.6 Å². The number of hydrogen-bond donors (Lipinski definition) is 0. The lowest BCUT2D eigenvalue weighted by atomic mass is 9.90. The minimum absolute atomic E-state index is 0.267. The van der Waals surface area contributed by atoms with Gasteiger partial charge in [0, 0.05) is 5.56 Å². The van der Waals surface area contributed by atoms with E-state index in [2.05, 4.69) is 0 Å². The summed E-state index contributed by atoms with van der Waals surface area (Å²) in [6, 6.07) is 24.6. The molecular formula is C26H18O5. The van der Waals surface area contributed by atoms with Gasteiger partial charge in [-0.25, -0.2) is 9.59 Å². The van der Waals surface area contributed by atoms with Gasteiger partial charge in [-0.2, -0.15) is 0 Å². The molecule has 152 valence electrons. The molecule has 0 unspecified atom stereocenters. The predicted molar refractivity (Wildman–Crippen MR) is 116 cm³/mol. The summed E-state index contributed by atoms with van der Waals surface area (Å²) in [7, 11) is 1.59. The zero-order chi connectivity index (χ0) is 21.4. The van der Waals surface area contributed by atoms with E-state index in [4.69, 9.17) is 14.2 Å². The van der Waals surface area contributed by atoms with Crippen LogP contribution in [-0.2, 0) is 11.3 Å². The van der Waals surface area contributed by atoms with Gasteiger partial charge >= 0.3 is 11.9 Å². The van der Waals surface area contributed by atoms with E-state index in [-0.39, 0.29) is 5.56 Å². The molecule has 5 rings (SSSR count). The van der Waals surface area contributed by atoms with Gasteiger partial charge in [-0.3, -0.25) is 0 Å². The van der Waals surface area contributed by atoms with Gasteiger partial charge in [0.25, 0.3) is 0 Å². The summed E-state index contributed by atoms with van der Waals surface area (Å²) in [6.07, 6.45) is 0. The maximum atomic E-state index is 12.5. The Morgan fingerprint density at radius 1 is 0.774 bits per heavy atom. The van der Waals surface area contributed by atoms with Crippen LogP contribution in [0, 0.1) is 0 Å². The SMILES string of the molecule is COc1ccc(-c2c3c(cc4cc(OCc5ccccc5)ccc24)C(=O)OC3=O)cc1. The van der Waals surface area contributed by atoms with Crippen molar-refractivity contribution in [1.82, 2.24) is 0 Å². The number of methoxy groups -OCH3 is 1. The van der Waals surface area contributed by atoms with Gasteiger partial charge in [-0.15, -0.1) is 0 Å². The molecule has 5 nitrogen and oxygen atoms in total. The molecule has 1 aliphatic rings. The molecule has 0 atom stereocenters. The maximum Gasteiger partial charge on any atom is 0.347 e. The number of benzene rings is 4. The van der Waals surface area contributed by atoms with Crippen LogP contribution in [-0.4, -0.2) is 19.0 Å². The standard InChI is InChI=1S/C26H18O5/c1-29-19-9-7-17(8-10-19)23-21-12-11-20(30-15-16-5-3-2-4-6-16)13-18(21)14-22-24(23)26(28)31-25(22)27/h2-14H,15H2,1H3. The van der Waals surface area contributed by atoms with Gasteiger partial charge < -0.3 is 14.2 Å². The molecule has 0 aromatic heterocycles. The smallest absolute Gasteiger partial charge is 0.347 e. The maximum absolute atomic E-state index is 12.5. The Hall–Kier alpha value is -4.12. The van der Waals surface area contributed by atoms with Crippen LogP contribution >= 0.6 is 0 Å². The third-order valence-corrected chi connectivity index (χ3v) is 5.35. The number of ether oxygens (including phenoxy) is 3. The molecular weight excluding hydrogens is 392 g/mol. The molecule has 31 heavy (non-hydrogen) atoms. The van der Waals surface area contributed by atoms with Gasteiger partial charge in [0.05, 0.1) is 18.2 Å². The zero-order valence-corrected chi connectivity index (χ0v) is 16.8. The monoisotopic (exact) mass is 410 g/mol. The van der Waals surface area contributed by atoms with Gasteiger partial charge in [0.15, 0.2) is 0 Å². The van der Waals surface area contributed by atoms with E-state index >= 15 is 0 Å². The van der Waals surface area contributed by atoms with Crippen LogP contribution in [0.3, 0.4) is 0 Å². The first-order chi connectivity index (χ1) is 15.1. The fourth-order valence-corrected chi connectivity index (χ4v) is 3.84. The topological polar surface area (TPSA) is 61.8 Å². The quantitative estimate of drug-likeness (QED) is 0.325. The third kappa shape index (κ3) is 3.40. The van der Waals surface area contributed by atoms with Crippen LogP contribution in [0.15, 0.2) is 78.9 Å². The number of carbonyl (C=O) groups is 2. The van der Waals surface area contributed by atoms with E-state index in [1.54, 1.807) is 13.2 Å². The van der Waals surface area contributed by atoms with Crippen molar-refractivity contribution in [2.45, 2.75) is 6.61 Å². The molecule has 0 bridgehead atoms. The molecule has 4 aromatic rings. The average Bonchev–Trinajstić information content (AvgIpc) is 3.09. The molecule has 0 fully saturated rings. The lowest BCUT2D eigenvalue weighted by molar-refractivity contribution is 0.0444. The molecule has 0 amide bonds. The molecule has 5 heteroatoms. The fourth-order valence-electron chi connectivity index (χ4n) is 3.84. The predicted octanol–water partition coefficient (Wildman–Crippen LogP) is 5.41. The summed E-state index contributed by atoms with van der Waals surface area (Å²) in [5, 5.41) is 1.63. The highest BCUT2D eigenvalue weighted by molar-refractivity contribution is 6.22. The molecule has 0 radical (unpaired) electrons. The minimum Gasteiger partial charge on any atom is -0.497 e. The molecule has 0 aliphatic carbocycles. The van der Waals surface area contributed by atoms with Crippen molar-refractivity contribution in [3.63, 3.8) is 0 Å². The Morgan fingerprint density at radius 3 is 2.26 bits per heavy atom. The van der Waals surface area contributed by atoms with Crippen molar-refractivity contribution >= 4 is 22.7 Å². The van der Waals surface area contributed by atoms with Gasteiger partial charge in [0.2, 0.25) is 0 Å². The third-order valence-electron chi connectivity index (χ3n) is 5.35. The van der Waals surface area contributed by atoms with Crippen molar-refractivity contribution in [2.24, 2.45) is 0 Å². The van der Waals surface area contributed by atoms with Crippen LogP contribution < -0.4 is 9.47 Å². The van der Waals surface area contributed by atoms with Crippen LogP contribution in [0.4, 0.5) is 0 Å². The second-order valence-electron chi connectivity index (χ2n) is 7.24. The van der Waals surface area contributed by atoms with E-state index < -0.39 is 11.9 Å². The van der Waals surface area contributed by atoms with E-state index in [1.807, 2.05) is 72.8 Å². The van der Waals surface area contributed by atoms with Crippen molar-refractivity contribution in [3.8, 4) is 22.6 Å². The van der Waals surface area contributed by atoms with Gasteiger partial charge in [0.1, 0.15) is 18.1 Å². The second kappa shape index (κ2) is 7.61. The highest BCUT2D eigenvalue weighted by Crippen LogP contribution is 2.39. The van der Waals surface area contributed by atoms with Crippen LogP contribution in [0.2, 0.25) is 0 Å². The second-order valence-corrected chi connectivity index (χ2v) is 7.24. The number of fused-ring (bicyclic) bond motifs is 2. The molecule has 0 saturated carbocycles. The summed E-state index contributed by atoms with van der Waals surface area (Å²) in [4.78, 5) is 24.8. The Balaban J connectivity index is 1.62. The Labute approximate surface area is 178 Å². The Morgan fingerprint density at radius 2 is 1.52 bits per heavy atom. The summed E-state index contributed by atoms with van der Waals surface area (Å²) in [5.41, 5.74) is 3.08. The average molecular weight is 410 g/mol. The van der Waals surface area contributed by atoms with Crippen LogP contribution in [0.25, 0.3) is 21.9 Å². The van der Waals surface area contributed by atoms with Gasteiger partial charge in [-0.1, -0.05) is 48.5 Å². The fraction of sp³-hybridized carbons (Fsp3) is 0.0769. The normalized spacial score (nSPS) is 12.5. The molecule has 0 N–H and O–H groups in total. The molecule has 1 heterocycles. The van der Waals surface area contributed by atoms with Crippen LogP contribution in [0.1, 0.15) is 26.3 Å². The molecule has 0 saturated heterocycles. The first kappa shape index (κ1) is 18.9. The molecule has 1 aliphatic heterocycles. The highest BCUT2D eigenvalue weighted by Gasteiger charge is 2.34. The zero-order valence-electron chi connectivity index (χ0n) is 16.8. The van der Waals surface area contributed by atoms with E-state index in [0.29, 0.717) is 29.2 Å². The van der Waals surface area contributed by atoms with Crippen molar-refractivity contribution < 1.29 is 23.8 Å². The lowest BCUT2D eigenvalue weighted by Gasteiger charge is -2.13. The molecule has 4 aromatic carbocycles. The van der Waals surface area contributed by atoms with E-state index in [0.717, 1.165) is 21.9 Å². The minimum atomic E-state index is -0.632. The summed E-state index contributed by atoms with van der Waals surface area (Å²) >= 11 is 0. The first-order valence-electron chi connectivity index (χ1n) is 9.82. The van der Waals surface area contributed by atoms with E-state index in [9.17, 15) is 9.59 Å². The number of rotatable bonds is 5. The van der Waals surface area contributed by atoms with Crippen molar-refractivity contribution in [2.75, 3.05) is 7.11 Å². The van der Waals surface area contributed by atoms with Crippen LogP contribution in [0.5, 0.6) is 11.5 Å². The first-order valence-corrected chi connectivity index (χ1v) is 9.82. The van der Waals surface area contributed by atoms with Gasteiger partial charge in [-0.05, 0) is 52.2 Å². The summed E-state index contributed by atoms with van der Waals surface area (Å²) in [5.74, 6) is 0.120. The number of carbonyl (C=O) groups excluding carboxylic acids is 2. The van der Waals surface area contributed by atoms with Crippen molar-refractivity contribution in [1.29, 1.82) is 0 Å². The summed E-state index contributed by atoms with van der Waals surface area (Å²) < 4.78 is 16.1. The Kier molecular flexibility index (Phi) is 4.64. The largest absolute Gasteiger partial charge is 0.497 e. The number of esters is 2. The Bertz CT molecular complexity index is 1310. The number of cyclic esters (lactones) is 2. The molecule has 0 spiro atoms. The number of hydrogen-bond acceptors (Lipinski definition) is 5. The summed E-state index contributed by atoms with van der Waals surface area (Å²) in [6.45, 7) is 0.434.